The van der Waals surface area contributed by atoms with E-state index in [0.717, 1.165) is 4.80 Å². The first kappa shape index (κ1) is 11.8. The summed E-state index contributed by atoms with van der Waals surface area (Å²) in [7, 11) is 0. The monoisotopic (exact) mass is 269 g/mol. The predicted octanol–water partition coefficient (Wildman–Crippen LogP) is 2.03. The number of aromatic nitrogens is 3. The SMILES string of the molecule is O=C(Cl)c1nn(-c2ccccc2)nc1C(=O)Cl. The largest absolute Gasteiger partial charge is 0.275 e. The molecule has 0 N–H and O–H groups in total. The van der Waals surface area contributed by atoms with Gasteiger partial charge in [-0.25, -0.2) is 0 Å². The normalized spacial score (nSPS) is 10.2. The van der Waals surface area contributed by atoms with Crippen molar-refractivity contribution < 1.29 is 9.59 Å². The van der Waals surface area contributed by atoms with E-state index in [1.165, 1.54) is 0 Å². The van der Waals surface area contributed by atoms with Crippen molar-refractivity contribution >= 4 is 33.7 Å². The molecular weight excluding hydrogens is 265 g/mol. The maximum absolute atomic E-state index is 11.1. The molecule has 17 heavy (non-hydrogen) atoms. The van der Waals surface area contributed by atoms with Crippen molar-refractivity contribution in [3.05, 3.63) is 41.7 Å². The Bertz CT molecular complexity index is 549. The fourth-order valence-corrected chi connectivity index (χ4v) is 1.50. The second-order valence-electron chi connectivity index (χ2n) is 3.07. The van der Waals surface area contributed by atoms with Crippen LogP contribution in [0.4, 0.5) is 0 Å². The van der Waals surface area contributed by atoms with Gasteiger partial charge in [0.1, 0.15) is 0 Å². The van der Waals surface area contributed by atoms with Crippen molar-refractivity contribution in [2.45, 2.75) is 0 Å². The van der Waals surface area contributed by atoms with Gasteiger partial charge in [-0.15, -0.1) is 10.2 Å². The number of para-hydroxylation sites is 1. The zero-order chi connectivity index (χ0) is 12.4. The third-order valence-electron chi connectivity index (χ3n) is 1.97. The molecule has 0 aliphatic carbocycles. The highest BCUT2D eigenvalue weighted by molar-refractivity contribution is 6.71. The van der Waals surface area contributed by atoms with E-state index >= 15 is 0 Å². The van der Waals surface area contributed by atoms with Crippen molar-refractivity contribution in [2.24, 2.45) is 0 Å². The molecule has 0 bridgehead atoms. The molecular formula is C10H5Cl2N3O2. The van der Waals surface area contributed by atoms with Gasteiger partial charge >= 0.3 is 0 Å². The molecule has 0 atom stereocenters. The minimum atomic E-state index is -0.879. The van der Waals surface area contributed by atoms with Crippen LogP contribution in [0.2, 0.25) is 0 Å². The number of hydrogen-bond donors (Lipinski definition) is 0. The molecule has 0 spiro atoms. The van der Waals surface area contributed by atoms with Gasteiger partial charge in [-0.3, -0.25) is 9.59 Å². The molecule has 0 fully saturated rings. The molecule has 0 saturated carbocycles. The minimum absolute atomic E-state index is 0.254. The Labute approximate surface area is 106 Å². The molecule has 1 heterocycles. The molecule has 1 aromatic heterocycles. The number of benzene rings is 1. The lowest BCUT2D eigenvalue weighted by Gasteiger charge is -1.96. The molecule has 2 aromatic rings. The lowest BCUT2D eigenvalue weighted by atomic mass is 10.3. The third kappa shape index (κ3) is 2.35. The van der Waals surface area contributed by atoms with Gasteiger partial charge in [-0.2, -0.15) is 4.80 Å². The number of hydrogen-bond acceptors (Lipinski definition) is 4. The third-order valence-corrected chi connectivity index (χ3v) is 2.33. The maximum Gasteiger partial charge on any atom is 0.275 e. The van der Waals surface area contributed by atoms with Crippen LogP contribution in [0.3, 0.4) is 0 Å². The van der Waals surface area contributed by atoms with E-state index < -0.39 is 10.5 Å². The van der Waals surface area contributed by atoms with Gasteiger partial charge in [0.2, 0.25) is 0 Å². The van der Waals surface area contributed by atoms with E-state index in [4.69, 9.17) is 23.2 Å². The summed E-state index contributed by atoms with van der Waals surface area (Å²) in [6, 6.07) is 8.77. The maximum atomic E-state index is 11.1. The van der Waals surface area contributed by atoms with E-state index in [1.807, 2.05) is 6.07 Å². The molecule has 1 aromatic carbocycles. The zero-order valence-corrected chi connectivity index (χ0v) is 9.81. The number of carbonyl (C=O) groups is 2. The lowest BCUT2D eigenvalue weighted by Crippen LogP contribution is -1.99. The molecule has 86 valence electrons. The van der Waals surface area contributed by atoms with Gasteiger partial charge in [0.25, 0.3) is 10.5 Å². The van der Waals surface area contributed by atoms with Crippen LogP contribution >= 0.6 is 23.2 Å². The smallest absolute Gasteiger partial charge is 0.274 e. The van der Waals surface area contributed by atoms with Crippen LogP contribution in [0.5, 0.6) is 0 Å². The Kier molecular flexibility index (Phi) is 3.21. The van der Waals surface area contributed by atoms with Gasteiger partial charge in [-0.05, 0) is 35.3 Å². The van der Waals surface area contributed by atoms with E-state index in [2.05, 4.69) is 10.2 Å². The van der Waals surface area contributed by atoms with E-state index in [1.54, 1.807) is 24.3 Å². The highest BCUT2D eigenvalue weighted by Gasteiger charge is 2.21. The number of nitrogens with zero attached hydrogens (tertiary/aromatic N) is 3. The average Bonchev–Trinajstić information content (AvgIpc) is 2.75. The molecule has 5 nitrogen and oxygen atoms in total. The van der Waals surface area contributed by atoms with Crippen LogP contribution in [0.1, 0.15) is 21.0 Å². The fraction of sp³-hybridized carbons (Fsp3) is 0. The molecule has 0 radical (unpaired) electrons. The summed E-state index contributed by atoms with van der Waals surface area (Å²) in [5.74, 6) is 0. The topological polar surface area (TPSA) is 64.8 Å². The van der Waals surface area contributed by atoms with Crippen molar-refractivity contribution in [3.8, 4) is 5.69 Å². The molecule has 0 aliphatic heterocycles. The highest BCUT2D eigenvalue weighted by Crippen LogP contribution is 2.12. The number of carbonyl (C=O) groups excluding carboxylic acids is 2. The summed E-state index contributed by atoms with van der Waals surface area (Å²) in [6.45, 7) is 0. The van der Waals surface area contributed by atoms with Crippen molar-refractivity contribution in [1.82, 2.24) is 15.0 Å². The molecule has 2 rings (SSSR count). The summed E-state index contributed by atoms with van der Waals surface area (Å²) in [4.78, 5) is 23.2. The standard InChI is InChI=1S/C10H5Cl2N3O2/c11-9(16)7-8(10(12)17)14-15(13-7)6-4-2-1-3-5-6/h1-5H. The average molecular weight is 270 g/mol. The first-order chi connectivity index (χ1) is 8.09. The van der Waals surface area contributed by atoms with Crippen LogP contribution in [0.15, 0.2) is 30.3 Å². The summed E-state index contributed by atoms with van der Waals surface area (Å²) in [6.07, 6.45) is 0. The van der Waals surface area contributed by atoms with Crippen LogP contribution in [-0.2, 0) is 0 Å². The summed E-state index contributed by atoms with van der Waals surface area (Å²) >= 11 is 10.6. The van der Waals surface area contributed by atoms with E-state index in [-0.39, 0.29) is 11.4 Å². The molecule has 0 amide bonds. The highest BCUT2D eigenvalue weighted by atomic mass is 35.5. The van der Waals surface area contributed by atoms with Gasteiger partial charge in [0.05, 0.1) is 5.69 Å². The fourth-order valence-electron chi connectivity index (χ4n) is 1.25. The van der Waals surface area contributed by atoms with Crippen molar-refractivity contribution in [3.63, 3.8) is 0 Å². The van der Waals surface area contributed by atoms with Crippen LogP contribution in [0.25, 0.3) is 5.69 Å². The Morgan fingerprint density at radius 1 is 0.941 bits per heavy atom. The van der Waals surface area contributed by atoms with E-state index in [0.29, 0.717) is 5.69 Å². The quantitative estimate of drug-likeness (QED) is 0.800. The Morgan fingerprint density at radius 2 is 1.41 bits per heavy atom. The Morgan fingerprint density at radius 3 is 1.82 bits per heavy atom. The van der Waals surface area contributed by atoms with Gasteiger partial charge in [0, 0.05) is 0 Å². The zero-order valence-electron chi connectivity index (χ0n) is 8.30. The second kappa shape index (κ2) is 4.65. The van der Waals surface area contributed by atoms with Crippen molar-refractivity contribution in [1.29, 1.82) is 0 Å². The molecule has 0 aliphatic rings. The number of rotatable bonds is 3. The van der Waals surface area contributed by atoms with Crippen LogP contribution in [-0.4, -0.2) is 25.5 Å². The summed E-state index contributed by atoms with van der Waals surface area (Å²) < 4.78 is 0. The Hall–Kier alpha value is -1.72. The molecule has 0 saturated heterocycles. The van der Waals surface area contributed by atoms with Gasteiger partial charge in [0.15, 0.2) is 11.4 Å². The predicted molar refractivity (Wildman–Crippen MR) is 61.7 cm³/mol. The van der Waals surface area contributed by atoms with Crippen LogP contribution < -0.4 is 0 Å². The van der Waals surface area contributed by atoms with Gasteiger partial charge < -0.3 is 0 Å². The summed E-state index contributed by atoms with van der Waals surface area (Å²) in [5, 5.41) is 5.88. The molecule has 0 unspecified atom stereocenters. The first-order valence-corrected chi connectivity index (χ1v) is 5.27. The Balaban J connectivity index is 2.55. The van der Waals surface area contributed by atoms with E-state index in [9.17, 15) is 9.59 Å². The lowest BCUT2D eigenvalue weighted by molar-refractivity contribution is 0.104. The molecule has 7 heteroatoms. The number of halogens is 2. The van der Waals surface area contributed by atoms with Crippen molar-refractivity contribution in [2.75, 3.05) is 0 Å². The first-order valence-electron chi connectivity index (χ1n) is 4.52. The van der Waals surface area contributed by atoms with Gasteiger partial charge in [-0.1, -0.05) is 18.2 Å². The van der Waals surface area contributed by atoms with Crippen LogP contribution in [0, 0.1) is 0 Å². The summed E-state index contributed by atoms with van der Waals surface area (Å²) in [5.41, 5.74) is 0.0851. The minimum Gasteiger partial charge on any atom is -0.274 e. The second-order valence-corrected chi connectivity index (χ2v) is 3.76.